The summed E-state index contributed by atoms with van der Waals surface area (Å²) in [6.45, 7) is 6.73. The third-order valence-corrected chi connectivity index (χ3v) is 7.67. The summed E-state index contributed by atoms with van der Waals surface area (Å²) in [4.78, 5) is 24.5. The van der Waals surface area contributed by atoms with E-state index < -0.39 is 23.0 Å². The quantitative estimate of drug-likeness (QED) is 0.555. The van der Waals surface area contributed by atoms with Crippen molar-refractivity contribution < 1.29 is 23.0 Å². The number of piperidine rings is 1. The van der Waals surface area contributed by atoms with Gasteiger partial charge < -0.3 is 18.9 Å². The monoisotopic (exact) mass is 511 g/mol. The molecule has 1 amide bonds. The number of rotatable bonds is 3. The van der Waals surface area contributed by atoms with Crippen LogP contribution in [-0.4, -0.2) is 80.8 Å². The lowest BCUT2D eigenvalue weighted by Crippen LogP contribution is -2.58. The van der Waals surface area contributed by atoms with E-state index in [4.69, 9.17) is 21.1 Å². The first-order chi connectivity index (χ1) is 16.5. The predicted molar refractivity (Wildman–Crippen MR) is 127 cm³/mol. The first kappa shape index (κ1) is 24.6. The van der Waals surface area contributed by atoms with Crippen molar-refractivity contribution in [2.45, 2.75) is 70.3 Å². The standard InChI is InChI=1S/C24H32ClF2N5O3/c1-22(2,3)35-21(33)31-11-8-24(26,27)23(14-31)7-10-30(13-23)12-16-4-5-18(34-16)32-9-6-17-19(25)28-15-29-20(17)32/h6,9,15-16,18H,4-5,7-8,10-14H2,1-3H3. The fourth-order valence-electron chi connectivity index (χ4n) is 5.61. The van der Waals surface area contributed by atoms with Crippen LogP contribution in [0.15, 0.2) is 18.6 Å². The Morgan fingerprint density at radius 2 is 2.03 bits per heavy atom. The highest BCUT2D eigenvalue weighted by Crippen LogP contribution is 2.50. The van der Waals surface area contributed by atoms with Crippen molar-refractivity contribution in [1.82, 2.24) is 24.3 Å². The van der Waals surface area contributed by atoms with E-state index in [0.717, 1.165) is 23.9 Å². The summed E-state index contributed by atoms with van der Waals surface area (Å²) >= 11 is 6.17. The van der Waals surface area contributed by atoms with Crippen molar-refractivity contribution in [3.63, 3.8) is 0 Å². The van der Waals surface area contributed by atoms with Crippen molar-refractivity contribution in [2.75, 3.05) is 32.7 Å². The van der Waals surface area contributed by atoms with Crippen molar-refractivity contribution >= 4 is 28.7 Å². The molecule has 3 unspecified atom stereocenters. The molecule has 3 aliphatic rings. The van der Waals surface area contributed by atoms with Crippen LogP contribution < -0.4 is 0 Å². The summed E-state index contributed by atoms with van der Waals surface area (Å²) in [6, 6.07) is 1.88. The Balaban J connectivity index is 1.22. The number of hydrogen-bond donors (Lipinski definition) is 0. The number of ether oxygens (including phenoxy) is 2. The number of nitrogens with zero attached hydrogens (tertiary/aromatic N) is 5. The van der Waals surface area contributed by atoms with Gasteiger partial charge in [0.15, 0.2) is 0 Å². The fraction of sp³-hybridized carbons (Fsp3) is 0.708. The number of carbonyl (C=O) groups excluding carboxylic acids is 1. The third kappa shape index (κ3) is 4.72. The Morgan fingerprint density at radius 3 is 2.80 bits per heavy atom. The van der Waals surface area contributed by atoms with Gasteiger partial charge in [0.2, 0.25) is 0 Å². The SMILES string of the molecule is CC(C)(C)OC(=O)N1CCC(F)(F)C2(CCN(CC3CCC(n4ccc5c(Cl)ncnc54)O3)C2)C1. The molecule has 3 atom stereocenters. The average molecular weight is 512 g/mol. The normalized spacial score (nSPS) is 29.4. The van der Waals surface area contributed by atoms with Gasteiger partial charge in [-0.25, -0.2) is 23.5 Å². The van der Waals surface area contributed by atoms with Gasteiger partial charge in [-0.15, -0.1) is 0 Å². The van der Waals surface area contributed by atoms with E-state index in [1.54, 1.807) is 20.8 Å². The highest BCUT2D eigenvalue weighted by atomic mass is 35.5. The number of alkyl halides is 2. The second kappa shape index (κ2) is 8.81. The fourth-order valence-corrected chi connectivity index (χ4v) is 5.80. The van der Waals surface area contributed by atoms with Gasteiger partial charge in [-0.1, -0.05) is 11.6 Å². The van der Waals surface area contributed by atoms with E-state index in [0.29, 0.717) is 24.7 Å². The Hall–Kier alpha value is -2.04. The summed E-state index contributed by atoms with van der Waals surface area (Å²) in [5.41, 5.74) is -1.20. The van der Waals surface area contributed by atoms with E-state index in [2.05, 4.69) is 14.9 Å². The summed E-state index contributed by atoms with van der Waals surface area (Å²) in [7, 11) is 0. The number of likely N-dealkylation sites (tertiary alicyclic amines) is 2. The zero-order valence-corrected chi connectivity index (χ0v) is 21.1. The minimum absolute atomic E-state index is 0.00931. The van der Waals surface area contributed by atoms with Crippen LogP contribution in [-0.2, 0) is 9.47 Å². The van der Waals surface area contributed by atoms with Crippen LogP contribution in [0.3, 0.4) is 0 Å². The molecule has 0 N–H and O–H groups in total. The minimum atomic E-state index is -2.83. The van der Waals surface area contributed by atoms with E-state index >= 15 is 8.78 Å². The third-order valence-electron chi connectivity index (χ3n) is 7.37. The molecule has 5 rings (SSSR count). The lowest BCUT2D eigenvalue weighted by molar-refractivity contribution is -0.159. The molecule has 3 aliphatic heterocycles. The number of amides is 1. The molecule has 0 bridgehead atoms. The molecule has 1 spiro atoms. The van der Waals surface area contributed by atoms with Gasteiger partial charge in [-0.05, 0) is 52.6 Å². The van der Waals surface area contributed by atoms with Gasteiger partial charge >= 0.3 is 6.09 Å². The summed E-state index contributed by atoms with van der Waals surface area (Å²) in [6.07, 6.45) is 4.20. The highest BCUT2D eigenvalue weighted by Gasteiger charge is 2.60. The number of hydrogen-bond acceptors (Lipinski definition) is 6. The van der Waals surface area contributed by atoms with Crippen molar-refractivity contribution in [1.29, 1.82) is 0 Å². The molecule has 2 aromatic rings. The van der Waals surface area contributed by atoms with Crippen LogP contribution in [0.1, 0.15) is 52.7 Å². The van der Waals surface area contributed by atoms with Crippen LogP contribution in [0.4, 0.5) is 13.6 Å². The van der Waals surface area contributed by atoms with Crippen molar-refractivity contribution in [3.8, 4) is 0 Å². The van der Waals surface area contributed by atoms with Crippen molar-refractivity contribution in [3.05, 3.63) is 23.7 Å². The molecule has 192 valence electrons. The largest absolute Gasteiger partial charge is 0.444 e. The highest BCUT2D eigenvalue weighted by molar-refractivity contribution is 6.33. The molecule has 0 saturated carbocycles. The maximum absolute atomic E-state index is 15.2. The molecule has 11 heteroatoms. The van der Waals surface area contributed by atoms with Crippen molar-refractivity contribution in [2.24, 2.45) is 5.41 Å². The maximum Gasteiger partial charge on any atom is 0.410 e. The second-order valence-electron chi connectivity index (χ2n) is 11.0. The zero-order valence-electron chi connectivity index (χ0n) is 20.3. The van der Waals surface area contributed by atoms with Crippen LogP contribution in [0.2, 0.25) is 5.15 Å². The van der Waals surface area contributed by atoms with Gasteiger partial charge in [0.05, 0.1) is 16.9 Å². The second-order valence-corrected chi connectivity index (χ2v) is 11.4. The number of halogens is 3. The molecule has 3 fully saturated rings. The summed E-state index contributed by atoms with van der Waals surface area (Å²) in [5.74, 6) is -2.83. The average Bonchev–Trinajstić information content (AvgIpc) is 3.49. The molecule has 8 nitrogen and oxygen atoms in total. The van der Waals surface area contributed by atoms with Gasteiger partial charge in [-0.3, -0.25) is 4.90 Å². The Kier molecular flexibility index (Phi) is 6.21. The molecule has 2 aromatic heterocycles. The minimum Gasteiger partial charge on any atom is -0.444 e. The lowest BCUT2D eigenvalue weighted by atomic mass is 9.75. The van der Waals surface area contributed by atoms with E-state index in [9.17, 15) is 4.79 Å². The molecule has 0 aliphatic carbocycles. The summed E-state index contributed by atoms with van der Waals surface area (Å²) < 4.78 is 44.1. The Labute approximate surface area is 208 Å². The van der Waals surface area contributed by atoms with E-state index in [1.807, 2.05) is 16.8 Å². The van der Waals surface area contributed by atoms with Crippen LogP contribution in [0, 0.1) is 5.41 Å². The number of carbonyl (C=O) groups is 1. The molecule has 3 saturated heterocycles. The van der Waals surface area contributed by atoms with Gasteiger partial charge in [0.1, 0.15) is 29.0 Å². The predicted octanol–water partition coefficient (Wildman–Crippen LogP) is 4.73. The first-order valence-electron chi connectivity index (χ1n) is 12.2. The van der Waals surface area contributed by atoms with Gasteiger partial charge in [0, 0.05) is 38.8 Å². The molecular weight excluding hydrogens is 480 g/mol. The Morgan fingerprint density at radius 1 is 1.23 bits per heavy atom. The smallest absolute Gasteiger partial charge is 0.410 e. The van der Waals surface area contributed by atoms with E-state index in [-0.39, 0.29) is 38.4 Å². The molecule has 0 radical (unpaired) electrons. The van der Waals surface area contributed by atoms with Gasteiger partial charge in [0.25, 0.3) is 5.92 Å². The van der Waals surface area contributed by atoms with Crippen LogP contribution >= 0.6 is 11.6 Å². The molecule has 5 heterocycles. The molecular formula is C24H32ClF2N5O3. The number of fused-ring (bicyclic) bond motifs is 1. The van der Waals surface area contributed by atoms with Gasteiger partial charge in [-0.2, -0.15) is 0 Å². The lowest BCUT2D eigenvalue weighted by Gasteiger charge is -2.46. The maximum atomic E-state index is 15.2. The zero-order chi connectivity index (χ0) is 25.0. The number of aromatic nitrogens is 3. The topological polar surface area (TPSA) is 72.7 Å². The first-order valence-corrected chi connectivity index (χ1v) is 12.5. The van der Waals surface area contributed by atoms with Crippen LogP contribution in [0.5, 0.6) is 0 Å². The molecule has 0 aromatic carbocycles. The summed E-state index contributed by atoms with van der Waals surface area (Å²) in [5, 5.41) is 1.18. The Bertz CT molecular complexity index is 1110. The van der Waals surface area contributed by atoms with E-state index in [1.165, 1.54) is 11.2 Å². The van der Waals surface area contributed by atoms with Crippen LogP contribution in [0.25, 0.3) is 11.0 Å². The molecule has 35 heavy (non-hydrogen) atoms.